The number of carbonyl (C=O) groups excluding carboxylic acids is 1. The van der Waals surface area contributed by atoms with Gasteiger partial charge in [-0.3, -0.25) is 4.79 Å². The molecule has 0 spiro atoms. The SMILES string of the molecule is O=C(CCc1ncc(-c2ccc(F)cc2)o1)N1CCCC1c1ccc2c(c1)OCCO2. The quantitative estimate of drug-likeness (QED) is 0.604. The molecule has 2 aliphatic heterocycles. The van der Waals surface area contributed by atoms with Crippen LogP contribution in [0.2, 0.25) is 0 Å². The molecular weight excluding hydrogens is 399 g/mol. The van der Waals surface area contributed by atoms with Crippen molar-refractivity contribution in [3.8, 4) is 22.8 Å². The van der Waals surface area contributed by atoms with Crippen molar-refractivity contribution in [2.75, 3.05) is 19.8 Å². The summed E-state index contributed by atoms with van der Waals surface area (Å²) in [5.74, 6) is 2.36. The average molecular weight is 422 g/mol. The van der Waals surface area contributed by atoms with Gasteiger partial charge in [-0.2, -0.15) is 0 Å². The number of oxazole rings is 1. The van der Waals surface area contributed by atoms with Gasteiger partial charge in [0.1, 0.15) is 19.0 Å². The summed E-state index contributed by atoms with van der Waals surface area (Å²) in [7, 11) is 0. The Labute approximate surface area is 179 Å². The number of aromatic nitrogens is 1. The minimum Gasteiger partial charge on any atom is -0.486 e. The summed E-state index contributed by atoms with van der Waals surface area (Å²) in [5.41, 5.74) is 1.83. The van der Waals surface area contributed by atoms with Gasteiger partial charge < -0.3 is 18.8 Å². The minimum atomic E-state index is -0.299. The molecular formula is C24H23FN2O4. The lowest BCUT2D eigenvalue weighted by Gasteiger charge is -2.26. The first-order chi connectivity index (χ1) is 15.2. The van der Waals surface area contributed by atoms with Crippen LogP contribution in [-0.2, 0) is 11.2 Å². The zero-order valence-electron chi connectivity index (χ0n) is 17.1. The van der Waals surface area contributed by atoms with Gasteiger partial charge in [0, 0.05) is 24.9 Å². The number of aryl methyl sites for hydroxylation is 1. The standard InChI is InChI=1S/C24H23FN2O4/c25-18-6-3-16(4-7-18)22-15-26-23(31-22)9-10-24(28)27-11-1-2-19(27)17-5-8-20-21(14-17)30-13-12-29-20/h3-8,14-15,19H,1-2,9-13H2. The second-order valence-electron chi connectivity index (χ2n) is 7.77. The third kappa shape index (κ3) is 4.13. The molecule has 2 aromatic carbocycles. The van der Waals surface area contributed by atoms with E-state index in [1.807, 2.05) is 23.1 Å². The summed E-state index contributed by atoms with van der Waals surface area (Å²) in [6, 6.07) is 12.0. The number of likely N-dealkylation sites (tertiary alicyclic amines) is 1. The van der Waals surface area contributed by atoms with Crippen LogP contribution in [-0.4, -0.2) is 35.5 Å². The Kier molecular flexibility index (Phi) is 5.32. The Balaban J connectivity index is 1.23. The highest BCUT2D eigenvalue weighted by Gasteiger charge is 2.30. The molecule has 2 aliphatic rings. The van der Waals surface area contributed by atoms with E-state index in [1.165, 1.54) is 12.1 Å². The summed E-state index contributed by atoms with van der Waals surface area (Å²) in [6.45, 7) is 1.84. The highest BCUT2D eigenvalue weighted by atomic mass is 19.1. The van der Waals surface area contributed by atoms with Gasteiger partial charge in [-0.15, -0.1) is 0 Å². The Morgan fingerprint density at radius 3 is 2.74 bits per heavy atom. The molecule has 3 aromatic rings. The van der Waals surface area contributed by atoms with Gasteiger partial charge >= 0.3 is 0 Å². The van der Waals surface area contributed by atoms with Crippen molar-refractivity contribution in [3.63, 3.8) is 0 Å². The van der Waals surface area contributed by atoms with Crippen molar-refractivity contribution < 1.29 is 23.1 Å². The normalized spacial score (nSPS) is 17.7. The van der Waals surface area contributed by atoms with Crippen LogP contribution in [0.25, 0.3) is 11.3 Å². The molecule has 6 nitrogen and oxygen atoms in total. The van der Waals surface area contributed by atoms with E-state index in [1.54, 1.807) is 18.3 Å². The second-order valence-corrected chi connectivity index (χ2v) is 7.77. The summed E-state index contributed by atoms with van der Waals surface area (Å²) in [6.07, 6.45) is 4.26. The lowest BCUT2D eigenvalue weighted by molar-refractivity contribution is -0.132. The molecule has 0 aliphatic carbocycles. The van der Waals surface area contributed by atoms with Gasteiger partial charge in [0.15, 0.2) is 23.1 Å². The molecule has 7 heteroatoms. The van der Waals surface area contributed by atoms with E-state index < -0.39 is 0 Å². The number of nitrogens with zero attached hydrogens (tertiary/aromatic N) is 2. The lowest BCUT2D eigenvalue weighted by atomic mass is 10.0. The fraction of sp³-hybridized carbons (Fsp3) is 0.333. The van der Waals surface area contributed by atoms with Crippen LogP contribution in [0.5, 0.6) is 11.5 Å². The molecule has 0 N–H and O–H groups in total. The van der Waals surface area contributed by atoms with E-state index in [0.717, 1.165) is 42.0 Å². The van der Waals surface area contributed by atoms with Crippen LogP contribution in [0.3, 0.4) is 0 Å². The number of fused-ring (bicyclic) bond motifs is 1. The number of ether oxygens (including phenoxy) is 2. The van der Waals surface area contributed by atoms with E-state index in [-0.39, 0.29) is 17.8 Å². The highest BCUT2D eigenvalue weighted by Crippen LogP contribution is 2.38. The first-order valence-corrected chi connectivity index (χ1v) is 10.6. The molecule has 1 amide bonds. The molecule has 1 aromatic heterocycles. The van der Waals surface area contributed by atoms with Crippen molar-refractivity contribution in [2.45, 2.75) is 31.7 Å². The van der Waals surface area contributed by atoms with E-state index in [0.29, 0.717) is 37.7 Å². The zero-order chi connectivity index (χ0) is 21.2. The smallest absolute Gasteiger partial charge is 0.223 e. The van der Waals surface area contributed by atoms with E-state index in [9.17, 15) is 9.18 Å². The lowest BCUT2D eigenvalue weighted by Crippen LogP contribution is -2.30. The first-order valence-electron chi connectivity index (χ1n) is 10.6. The zero-order valence-corrected chi connectivity index (χ0v) is 17.1. The average Bonchev–Trinajstić information content (AvgIpc) is 3.48. The topological polar surface area (TPSA) is 64.8 Å². The molecule has 160 valence electrons. The number of benzene rings is 2. The molecule has 5 rings (SSSR count). The number of amides is 1. The third-order valence-electron chi connectivity index (χ3n) is 5.76. The maximum Gasteiger partial charge on any atom is 0.223 e. The fourth-order valence-electron chi connectivity index (χ4n) is 4.21. The van der Waals surface area contributed by atoms with Crippen molar-refractivity contribution in [1.82, 2.24) is 9.88 Å². The number of carbonyl (C=O) groups is 1. The summed E-state index contributed by atoms with van der Waals surface area (Å²) >= 11 is 0. The molecule has 3 heterocycles. The number of halogens is 1. The summed E-state index contributed by atoms with van der Waals surface area (Å²) < 4.78 is 30.2. The second kappa shape index (κ2) is 8.41. The summed E-state index contributed by atoms with van der Waals surface area (Å²) in [5, 5.41) is 0. The van der Waals surface area contributed by atoms with Gasteiger partial charge in [-0.1, -0.05) is 6.07 Å². The molecule has 1 fully saturated rings. The van der Waals surface area contributed by atoms with Crippen LogP contribution in [0.1, 0.15) is 36.8 Å². The Bertz CT molecular complexity index is 1080. The largest absolute Gasteiger partial charge is 0.486 e. The predicted octanol–water partition coefficient (Wildman–Crippen LogP) is 4.55. The Morgan fingerprint density at radius 1 is 1.10 bits per heavy atom. The molecule has 31 heavy (non-hydrogen) atoms. The molecule has 1 unspecified atom stereocenters. The number of hydrogen-bond acceptors (Lipinski definition) is 5. The first kappa shape index (κ1) is 19.6. The molecule has 1 atom stereocenters. The van der Waals surface area contributed by atoms with Crippen molar-refractivity contribution in [1.29, 1.82) is 0 Å². The van der Waals surface area contributed by atoms with E-state index in [2.05, 4.69) is 4.98 Å². The highest BCUT2D eigenvalue weighted by molar-refractivity contribution is 5.77. The van der Waals surface area contributed by atoms with Crippen molar-refractivity contribution in [3.05, 3.63) is 65.9 Å². The molecule has 1 saturated heterocycles. The van der Waals surface area contributed by atoms with Crippen LogP contribution >= 0.6 is 0 Å². The maximum absolute atomic E-state index is 13.1. The van der Waals surface area contributed by atoms with Crippen LogP contribution < -0.4 is 9.47 Å². The minimum absolute atomic E-state index is 0.0441. The van der Waals surface area contributed by atoms with E-state index >= 15 is 0 Å². The maximum atomic E-state index is 13.1. The molecule has 0 radical (unpaired) electrons. The van der Waals surface area contributed by atoms with Gasteiger partial charge in [0.25, 0.3) is 0 Å². The third-order valence-corrected chi connectivity index (χ3v) is 5.76. The molecule has 0 bridgehead atoms. The van der Waals surface area contributed by atoms with Gasteiger partial charge in [0.2, 0.25) is 5.91 Å². The Hall–Kier alpha value is -3.35. The monoisotopic (exact) mass is 422 g/mol. The Morgan fingerprint density at radius 2 is 1.90 bits per heavy atom. The summed E-state index contributed by atoms with van der Waals surface area (Å²) in [4.78, 5) is 19.2. The van der Waals surface area contributed by atoms with Crippen LogP contribution in [0, 0.1) is 5.82 Å². The van der Waals surface area contributed by atoms with Gasteiger partial charge in [-0.25, -0.2) is 9.37 Å². The van der Waals surface area contributed by atoms with Crippen LogP contribution in [0.4, 0.5) is 4.39 Å². The number of rotatable bonds is 5. The van der Waals surface area contributed by atoms with Crippen LogP contribution in [0.15, 0.2) is 53.1 Å². The van der Waals surface area contributed by atoms with Gasteiger partial charge in [0.05, 0.1) is 12.2 Å². The number of hydrogen-bond donors (Lipinski definition) is 0. The van der Waals surface area contributed by atoms with Crippen molar-refractivity contribution in [2.24, 2.45) is 0 Å². The van der Waals surface area contributed by atoms with E-state index in [4.69, 9.17) is 13.9 Å². The molecule has 0 saturated carbocycles. The van der Waals surface area contributed by atoms with Gasteiger partial charge in [-0.05, 0) is 54.8 Å². The van der Waals surface area contributed by atoms with Crippen molar-refractivity contribution >= 4 is 5.91 Å². The predicted molar refractivity (Wildman–Crippen MR) is 111 cm³/mol. The fourth-order valence-corrected chi connectivity index (χ4v) is 4.21.